The molecule has 1 aliphatic heterocycles. The van der Waals surface area contributed by atoms with Gasteiger partial charge in [0.15, 0.2) is 9.84 Å². The lowest BCUT2D eigenvalue weighted by Crippen LogP contribution is -2.23. The van der Waals surface area contributed by atoms with Crippen molar-refractivity contribution < 1.29 is 13.2 Å². The second-order valence-corrected chi connectivity index (χ2v) is 7.49. The van der Waals surface area contributed by atoms with Crippen molar-refractivity contribution in [2.75, 3.05) is 18.6 Å². The molecule has 1 saturated heterocycles. The molecular formula is C13H14ClNO3S. The summed E-state index contributed by atoms with van der Waals surface area (Å²) in [7, 11) is -1.57. The molecule has 0 aliphatic carbocycles. The van der Waals surface area contributed by atoms with Crippen molar-refractivity contribution in [3.8, 4) is 11.8 Å². The van der Waals surface area contributed by atoms with Crippen molar-refractivity contribution >= 4 is 21.4 Å². The van der Waals surface area contributed by atoms with Crippen LogP contribution in [0.5, 0.6) is 5.75 Å². The predicted molar refractivity (Wildman–Crippen MR) is 73.0 cm³/mol. The normalized spacial score (nSPS) is 24.9. The molecule has 0 amide bonds. The van der Waals surface area contributed by atoms with Crippen LogP contribution in [0.4, 0.5) is 0 Å². The van der Waals surface area contributed by atoms with Gasteiger partial charge in [-0.1, -0.05) is 11.6 Å². The van der Waals surface area contributed by atoms with Gasteiger partial charge in [0, 0.05) is 5.02 Å². The minimum absolute atomic E-state index is 0.0729. The molecule has 0 aromatic heterocycles. The molecule has 0 spiro atoms. The van der Waals surface area contributed by atoms with Gasteiger partial charge in [-0.25, -0.2) is 8.42 Å². The van der Waals surface area contributed by atoms with Crippen molar-refractivity contribution in [1.82, 2.24) is 0 Å². The fourth-order valence-electron chi connectivity index (χ4n) is 2.43. The Balaban J connectivity index is 2.35. The molecule has 0 saturated carbocycles. The summed E-state index contributed by atoms with van der Waals surface area (Å²) in [4.78, 5) is 0. The molecule has 2 rings (SSSR count). The van der Waals surface area contributed by atoms with Gasteiger partial charge in [-0.3, -0.25) is 0 Å². The predicted octanol–water partition coefficient (Wildman–Crippen LogP) is 2.22. The van der Waals surface area contributed by atoms with Crippen molar-refractivity contribution in [2.24, 2.45) is 5.41 Å². The Kier molecular flexibility index (Phi) is 3.75. The summed E-state index contributed by atoms with van der Waals surface area (Å²) >= 11 is 5.95. The summed E-state index contributed by atoms with van der Waals surface area (Å²) in [6, 6.07) is 7.33. The Morgan fingerprint density at radius 2 is 2.26 bits per heavy atom. The molecule has 1 aliphatic rings. The second-order valence-electron chi connectivity index (χ2n) is 4.87. The number of sulfone groups is 1. The van der Waals surface area contributed by atoms with Gasteiger partial charge in [0.1, 0.15) is 5.75 Å². The van der Waals surface area contributed by atoms with E-state index in [-0.39, 0.29) is 11.5 Å². The molecule has 1 fully saturated rings. The van der Waals surface area contributed by atoms with Gasteiger partial charge < -0.3 is 4.74 Å². The van der Waals surface area contributed by atoms with Crippen molar-refractivity contribution in [2.45, 2.75) is 12.8 Å². The topological polar surface area (TPSA) is 67.2 Å². The molecule has 4 nitrogen and oxygen atoms in total. The number of rotatable bonds is 3. The average molecular weight is 300 g/mol. The standard InChI is InChI=1S/C13H14ClNO3S/c1-18-12-3-2-11(14)6-10(12)7-13(8-15)4-5-19(16,17)9-13/h2-3,6H,4-5,7,9H2,1H3. The number of methoxy groups -OCH3 is 1. The fraction of sp³-hybridized carbons (Fsp3) is 0.462. The molecule has 0 N–H and O–H groups in total. The highest BCUT2D eigenvalue weighted by atomic mass is 35.5. The van der Waals surface area contributed by atoms with Crippen LogP contribution in [0.3, 0.4) is 0 Å². The summed E-state index contributed by atoms with van der Waals surface area (Å²) in [5.41, 5.74) is -0.0924. The van der Waals surface area contributed by atoms with Crippen molar-refractivity contribution in [3.05, 3.63) is 28.8 Å². The first-order valence-corrected chi connectivity index (χ1v) is 8.04. The van der Waals surface area contributed by atoms with Crippen LogP contribution in [-0.2, 0) is 16.3 Å². The average Bonchev–Trinajstić information content (AvgIpc) is 2.66. The van der Waals surface area contributed by atoms with Gasteiger partial charge in [0.25, 0.3) is 0 Å². The summed E-state index contributed by atoms with van der Waals surface area (Å²) in [6.45, 7) is 0. The lowest BCUT2D eigenvalue weighted by Gasteiger charge is -2.20. The first-order valence-electron chi connectivity index (χ1n) is 5.84. The minimum Gasteiger partial charge on any atom is -0.496 e. The molecule has 1 aromatic rings. The molecule has 19 heavy (non-hydrogen) atoms. The largest absolute Gasteiger partial charge is 0.496 e. The van der Waals surface area contributed by atoms with E-state index in [9.17, 15) is 13.7 Å². The van der Waals surface area contributed by atoms with Gasteiger partial charge >= 0.3 is 0 Å². The molecule has 1 unspecified atom stereocenters. The van der Waals surface area contributed by atoms with Gasteiger partial charge in [-0.2, -0.15) is 5.26 Å². The van der Waals surface area contributed by atoms with E-state index in [1.165, 1.54) is 7.11 Å². The van der Waals surface area contributed by atoms with Gasteiger partial charge in [-0.05, 0) is 36.6 Å². The molecular weight excluding hydrogens is 286 g/mol. The minimum atomic E-state index is -3.11. The smallest absolute Gasteiger partial charge is 0.151 e. The van der Waals surface area contributed by atoms with Gasteiger partial charge in [-0.15, -0.1) is 0 Å². The molecule has 0 radical (unpaired) electrons. The monoisotopic (exact) mass is 299 g/mol. The highest BCUT2D eigenvalue weighted by Crippen LogP contribution is 2.38. The van der Waals surface area contributed by atoms with E-state index in [0.717, 1.165) is 5.56 Å². The third-order valence-electron chi connectivity index (χ3n) is 3.40. The van der Waals surface area contributed by atoms with Crippen molar-refractivity contribution in [1.29, 1.82) is 5.26 Å². The van der Waals surface area contributed by atoms with Crippen LogP contribution in [0.1, 0.15) is 12.0 Å². The first kappa shape index (κ1) is 14.2. The maximum atomic E-state index is 11.6. The molecule has 102 valence electrons. The van der Waals surface area contributed by atoms with E-state index < -0.39 is 15.3 Å². The number of nitrogens with zero attached hydrogens (tertiary/aromatic N) is 1. The maximum Gasteiger partial charge on any atom is 0.151 e. The Hall–Kier alpha value is -1.25. The second kappa shape index (κ2) is 5.03. The quantitative estimate of drug-likeness (QED) is 0.858. The third kappa shape index (κ3) is 3.02. The third-order valence-corrected chi connectivity index (χ3v) is 5.45. The lowest BCUT2D eigenvalue weighted by molar-refractivity contribution is 0.393. The number of ether oxygens (including phenoxy) is 1. The van der Waals surface area contributed by atoms with E-state index in [0.29, 0.717) is 23.6 Å². The molecule has 0 bridgehead atoms. The van der Waals surface area contributed by atoms with Crippen LogP contribution >= 0.6 is 11.6 Å². The Morgan fingerprint density at radius 3 is 2.79 bits per heavy atom. The Labute approximate surface area is 117 Å². The summed E-state index contributed by atoms with van der Waals surface area (Å²) in [5.74, 6) is 0.610. The lowest BCUT2D eigenvalue weighted by atomic mass is 9.82. The number of benzene rings is 1. The SMILES string of the molecule is COc1ccc(Cl)cc1CC1(C#N)CCS(=O)(=O)C1. The number of hydrogen-bond acceptors (Lipinski definition) is 4. The maximum absolute atomic E-state index is 11.6. The van der Waals surface area contributed by atoms with E-state index in [1.54, 1.807) is 18.2 Å². The molecule has 6 heteroatoms. The van der Waals surface area contributed by atoms with Crippen molar-refractivity contribution in [3.63, 3.8) is 0 Å². The highest BCUT2D eigenvalue weighted by molar-refractivity contribution is 7.91. The van der Waals surface area contributed by atoms with Gasteiger partial charge in [0.05, 0.1) is 30.1 Å². The zero-order chi connectivity index (χ0) is 14.1. The summed E-state index contributed by atoms with van der Waals surface area (Å²) < 4.78 is 28.5. The molecule has 1 atom stereocenters. The van der Waals surface area contributed by atoms with Crippen LogP contribution in [0.2, 0.25) is 5.02 Å². The Bertz CT molecular complexity index is 636. The van der Waals surface area contributed by atoms with E-state index in [2.05, 4.69) is 6.07 Å². The van der Waals surface area contributed by atoms with E-state index in [1.807, 2.05) is 0 Å². The van der Waals surface area contributed by atoms with Crippen LogP contribution in [0, 0.1) is 16.7 Å². The number of hydrogen-bond donors (Lipinski definition) is 0. The first-order chi connectivity index (χ1) is 8.90. The van der Waals surface area contributed by atoms with Crippen LogP contribution in [0.25, 0.3) is 0 Å². The summed E-state index contributed by atoms with van der Waals surface area (Å²) in [5, 5.41) is 9.90. The zero-order valence-corrected chi connectivity index (χ0v) is 12.1. The number of halogens is 1. The summed E-state index contributed by atoms with van der Waals surface area (Å²) in [6.07, 6.45) is 0.702. The van der Waals surface area contributed by atoms with Gasteiger partial charge in [0.2, 0.25) is 0 Å². The highest BCUT2D eigenvalue weighted by Gasteiger charge is 2.43. The Morgan fingerprint density at radius 1 is 1.53 bits per heavy atom. The van der Waals surface area contributed by atoms with Crippen LogP contribution in [0.15, 0.2) is 18.2 Å². The zero-order valence-electron chi connectivity index (χ0n) is 10.5. The number of nitriles is 1. The fourth-order valence-corrected chi connectivity index (χ4v) is 4.63. The molecule has 1 aromatic carbocycles. The van der Waals surface area contributed by atoms with Crippen LogP contribution < -0.4 is 4.74 Å². The van der Waals surface area contributed by atoms with E-state index in [4.69, 9.17) is 16.3 Å². The van der Waals surface area contributed by atoms with Crippen LogP contribution in [-0.4, -0.2) is 27.0 Å². The van der Waals surface area contributed by atoms with E-state index >= 15 is 0 Å². The molecule has 1 heterocycles.